The van der Waals surface area contributed by atoms with E-state index in [4.69, 9.17) is 9.47 Å². The molecule has 3 heterocycles. The van der Waals surface area contributed by atoms with Gasteiger partial charge < -0.3 is 26.9 Å². The van der Waals surface area contributed by atoms with E-state index >= 15 is 0 Å². The molecule has 1 aromatic carbocycles. The van der Waals surface area contributed by atoms with Crippen molar-refractivity contribution in [3.8, 4) is 0 Å². The van der Waals surface area contributed by atoms with Gasteiger partial charge in [0.15, 0.2) is 5.92 Å². The fourth-order valence-corrected chi connectivity index (χ4v) is 5.56. The number of halogens is 1. The molecule has 1 unspecified atom stereocenters. The summed E-state index contributed by atoms with van der Waals surface area (Å²) in [5.41, 5.74) is 4.66. The van der Waals surface area contributed by atoms with Crippen LogP contribution in [0.3, 0.4) is 0 Å². The topological polar surface area (TPSA) is 71.4 Å². The summed E-state index contributed by atoms with van der Waals surface area (Å²) in [6, 6.07) is 8.43. The number of H-pyrrole nitrogens is 1. The fraction of sp³-hybridized carbons (Fsp3) is 0.560. The van der Waals surface area contributed by atoms with Crippen molar-refractivity contribution in [2.45, 2.75) is 52.9 Å². The number of nitrogens with zero attached hydrogens (tertiary/aromatic N) is 1. The first kappa shape index (κ1) is 24.3. The zero-order valence-electron chi connectivity index (χ0n) is 19.2. The number of hydrogen-bond donors (Lipinski definition) is 1. The minimum absolute atomic E-state index is 0. The van der Waals surface area contributed by atoms with Gasteiger partial charge in [-0.3, -0.25) is 9.59 Å². The molecule has 6 nitrogen and oxygen atoms in total. The molecule has 1 atom stereocenters. The first-order chi connectivity index (χ1) is 15.0. The van der Waals surface area contributed by atoms with Crippen LogP contribution in [0.15, 0.2) is 24.3 Å². The zero-order valence-corrected chi connectivity index (χ0v) is 20.0. The van der Waals surface area contributed by atoms with E-state index in [9.17, 15) is 9.59 Å². The first-order valence-corrected chi connectivity index (χ1v) is 11.6. The van der Waals surface area contributed by atoms with E-state index in [0.717, 1.165) is 44.3 Å². The maximum atomic E-state index is 12.8. The second-order valence-corrected chi connectivity index (χ2v) is 8.61. The highest BCUT2D eigenvalue weighted by Crippen LogP contribution is 2.44. The summed E-state index contributed by atoms with van der Waals surface area (Å²) < 4.78 is 13.0. The van der Waals surface area contributed by atoms with Crippen LogP contribution in [0.5, 0.6) is 0 Å². The summed E-state index contributed by atoms with van der Waals surface area (Å²) in [4.78, 5) is 29.2. The quantitative estimate of drug-likeness (QED) is 0.378. The van der Waals surface area contributed by atoms with Crippen molar-refractivity contribution in [3.05, 3.63) is 35.5 Å². The Labute approximate surface area is 195 Å². The van der Waals surface area contributed by atoms with E-state index < -0.39 is 17.9 Å². The van der Waals surface area contributed by atoms with Crippen LogP contribution in [-0.2, 0) is 25.5 Å². The molecule has 2 aliphatic rings. The number of esters is 2. The second kappa shape index (κ2) is 10.1. The summed E-state index contributed by atoms with van der Waals surface area (Å²) >= 11 is 0. The normalized spacial score (nSPS) is 19.9. The van der Waals surface area contributed by atoms with Crippen molar-refractivity contribution in [1.82, 2.24) is 4.98 Å². The Morgan fingerprint density at radius 2 is 1.78 bits per heavy atom. The number of rotatable bonds is 7. The van der Waals surface area contributed by atoms with Crippen molar-refractivity contribution in [3.63, 3.8) is 0 Å². The lowest BCUT2D eigenvalue weighted by molar-refractivity contribution is -0.538. The summed E-state index contributed by atoms with van der Waals surface area (Å²) in [6.07, 6.45) is 4.26. The molecule has 174 valence electrons. The highest BCUT2D eigenvalue weighted by Gasteiger charge is 2.51. The monoisotopic (exact) mass is 460 g/mol. The molecular formula is C25H33ClN2O4. The molecule has 2 aromatic rings. The molecule has 0 bridgehead atoms. The van der Waals surface area contributed by atoms with Gasteiger partial charge in [0.05, 0.1) is 18.6 Å². The average molecular weight is 461 g/mol. The van der Waals surface area contributed by atoms with Crippen LogP contribution in [0.2, 0.25) is 0 Å². The standard InChI is InChI=1S/C25H32N2O4.ClH/c1-4-25(16-19(23(28)30-5-2)24(29)31-6-3)13-9-14-27-15-12-18-17-10-7-8-11-20(17)26-21(18)22(25)27;/h7-8,10-11,19H,4-6,9,12-16H2,1-3H3;1H. The van der Waals surface area contributed by atoms with Crippen LogP contribution in [0.25, 0.3) is 10.9 Å². The predicted molar refractivity (Wildman–Crippen MR) is 119 cm³/mol. The third-order valence-corrected chi connectivity index (χ3v) is 7.00. The third-order valence-electron chi connectivity index (χ3n) is 7.00. The number of benzene rings is 1. The van der Waals surface area contributed by atoms with Gasteiger partial charge >= 0.3 is 11.9 Å². The van der Waals surface area contributed by atoms with Gasteiger partial charge in [0, 0.05) is 23.7 Å². The highest BCUT2D eigenvalue weighted by molar-refractivity contribution is 6.07. The van der Waals surface area contributed by atoms with E-state index in [1.165, 1.54) is 22.4 Å². The molecule has 0 aliphatic carbocycles. The van der Waals surface area contributed by atoms with E-state index in [2.05, 4.69) is 40.7 Å². The van der Waals surface area contributed by atoms with Crippen molar-refractivity contribution in [2.24, 2.45) is 11.3 Å². The maximum absolute atomic E-state index is 12.8. The van der Waals surface area contributed by atoms with Gasteiger partial charge in [-0.25, -0.2) is 4.58 Å². The van der Waals surface area contributed by atoms with E-state index in [0.29, 0.717) is 6.42 Å². The van der Waals surface area contributed by atoms with Gasteiger partial charge in [0.2, 0.25) is 5.71 Å². The number of para-hydroxylation sites is 1. The van der Waals surface area contributed by atoms with Crippen molar-refractivity contribution in [2.75, 3.05) is 26.3 Å². The van der Waals surface area contributed by atoms with Crippen LogP contribution in [0, 0.1) is 11.3 Å². The Balaban J connectivity index is 0.00000289. The SMILES string of the molecule is CCOC(=O)C(CC1(CC)CCC[N+]2=C1c1[nH]c3ccccc3c1CC2)C(=O)OCC.[Cl-]. The Hall–Kier alpha value is -2.34. The number of carbonyl (C=O) groups is 2. The first-order valence-electron chi connectivity index (χ1n) is 11.6. The Morgan fingerprint density at radius 3 is 2.44 bits per heavy atom. The number of hydrogen-bond acceptors (Lipinski definition) is 4. The summed E-state index contributed by atoms with van der Waals surface area (Å²) in [5.74, 6) is -1.85. The molecule has 0 radical (unpaired) electrons. The number of fused-ring (bicyclic) bond motifs is 4. The molecule has 0 spiro atoms. The lowest BCUT2D eigenvalue weighted by Crippen LogP contribution is -3.00. The number of ether oxygens (including phenoxy) is 2. The molecule has 0 amide bonds. The number of aromatic amines is 1. The molecular weight excluding hydrogens is 428 g/mol. The van der Waals surface area contributed by atoms with Crippen molar-refractivity contribution in [1.29, 1.82) is 0 Å². The van der Waals surface area contributed by atoms with Crippen LogP contribution in [0.4, 0.5) is 0 Å². The Morgan fingerprint density at radius 1 is 1.09 bits per heavy atom. The lowest BCUT2D eigenvalue weighted by atomic mass is 9.66. The van der Waals surface area contributed by atoms with Crippen molar-refractivity contribution >= 4 is 28.6 Å². The van der Waals surface area contributed by atoms with Crippen LogP contribution >= 0.6 is 0 Å². The smallest absolute Gasteiger partial charge is 0.320 e. The highest BCUT2D eigenvalue weighted by atomic mass is 35.5. The predicted octanol–water partition coefficient (Wildman–Crippen LogP) is 0.852. The lowest BCUT2D eigenvalue weighted by Gasteiger charge is -2.38. The molecule has 0 fully saturated rings. The van der Waals surface area contributed by atoms with Gasteiger partial charge in [-0.15, -0.1) is 0 Å². The molecule has 0 saturated carbocycles. The molecule has 2 aliphatic heterocycles. The molecule has 4 rings (SSSR count). The average Bonchev–Trinajstić information content (AvgIpc) is 3.16. The van der Waals surface area contributed by atoms with Crippen LogP contribution < -0.4 is 12.4 Å². The summed E-state index contributed by atoms with van der Waals surface area (Å²) in [5, 5.41) is 1.27. The molecule has 0 saturated heterocycles. The largest absolute Gasteiger partial charge is 1.00 e. The second-order valence-electron chi connectivity index (χ2n) is 8.61. The molecule has 1 aromatic heterocycles. The zero-order chi connectivity index (χ0) is 22.0. The minimum atomic E-state index is -0.901. The van der Waals surface area contributed by atoms with Gasteiger partial charge in [-0.2, -0.15) is 0 Å². The summed E-state index contributed by atoms with van der Waals surface area (Å²) in [7, 11) is 0. The maximum Gasteiger partial charge on any atom is 0.320 e. The van der Waals surface area contributed by atoms with Gasteiger partial charge in [-0.05, 0) is 44.7 Å². The summed E-state index contributed by atoms with van der Waals surface area (Å²) in [6.45, 7) is 8.19. The van der Waals surface area contributed by atoms with E-state index in [1.807, 2.05) is 0 Å². The van der Waals surface area contributed by atoms with Gasteiger partial charge in [0.25, 0.3) is 0 Å². The van der Waals surface area contributed by atoms with Gasteiger partial charge in [-0.1, -0.05) is 25.1 Å². The number of carbonyl (C=O) groups excluding carboxylic acids is 2. The van der Waals surface area contributed by atoms with Crippen LogP contribution in [0.1, 0.15) is 57.7 Å². The van der Waals surface area contributed by atoms with Crippen LogP contribution in [-0.4, -0.2) is 53.5 Å². The van der Waals surface area contributed by atoms with E-state index in [-0.39, 0.29) is 31.0 Å². The van der Waals surface area contributed by atoms with E-state index in [1.54, 1.807) is 13.8 Å². The fourth-order valence-electron chi connectivity index (χ4n) is 5.56. The Bertz CT molecular complexity index is 1010. The Kier molecular flexibility index (Phi) is 7.65. The number of nitrogens with one attached hydrogen (secondary N) is 1. The third kappa shape index (κ3) is 4.17. The molecule has 7 heteroatoms. The van der Waals surface area contributed by atoms with Gasteiger partial charge in [0.1, 0.15) is 18.8 Å². The minimum Gasteiger partial charge on any atom is -1.00 e. The van der Waals surface area contributed by atoms with Crippen molar-refractivity contribution < 1.29 is 36.0 Å². The molecule has 32 heavy (non-hydrogen) atoms. The number of aromatic nitrogens is 1. The molecule has 1 N–H and O–H groups in total.